The molecule has 1 aliphatic carbocycles. The molecule has 1 atom stereocenters. The van der Waals surface area contributed by atoms with Crippen molar-refractivity contribution in [2.45, 2.75) is 25.3 Å². The van der Waals surface area contributed by atoms with Crippen LogP contribution in [-0.2, 0) is 14.3 Å². The SMILES string of the molecule is O=C(O)C[C@H](NC(=O)COCC1CC1)c1ccc(F)cc1F. The molecule has 1 aliphatic rings. The summed E-state index contributed by atoms with van der Waals surface area (Å²) in [5.41, 5.74) is -0.0701. The van der Waals surface area contributed by atoms with Crippen molar-refractivity contribution in [3.05, 3.63) is 35.4 Å². The lowest BCUT2D eigenvalue weighted by atomic mass is 10.0. The molecule has 1 aromatic carbocycles. The Labute approximate surface area is 126 Å². The number of halogens is 2. The lowest BCUT2D eigenvalue weighted by molar-refractivity contribution is -0.138. The Balaban J connectivity index is 1.98. The number of amides is 1. The first kappa shape index (κ1) is 16.4. The van der Waals surface area contributed by atoms with Crippen molar-refractivity contribution in [3.8, 4) is 0 Å². The molecule has 5 nitrogen and oxygen atoms in total. The second kappa shape index (κ2) is 7.31. The number of benzene rings is 1. The smallest absolute Gasteiger partial charge is 0.305 e. The summed E-state index contributed by atoms with van der Waals surface area (Å²) in [6.45, 7) is 0.275. The largest absolute Gasteiger partial charge is 0.481 e. The van der Waals surface area contributed by atoms with E-state index in [1.54, 1.807) is 0 Å². The van der Waals surface area contributed by atoms with Crippen LogP contribution < -0.4 is 5.32 Å². The summed E-state index contributed by atoms with van der Waals surface area (Å²) in [6, 6.07) is 1.72. The standard InChI is InChI=1S/C15H17F2NO4/c16-10-3-4-11(12(17)5-10)13(6-15(20)21)18-14(19)8-22-7-9-1-2-9/h3-5,9,13H,1-2,6-8H2,(H,18,19)(H,20,21)/t13-/m0/s1. The zero-order chi connectivity index (χ0) is 16.1. The Bertz CT molecular complexity index is 560. The van der Waals surface area contributed by atoms with E-state index < -0.39 is 36.0 Å². The van der Waals surface area contributed by atoms with Gasteiger partial charge in [-0.15, -0.1) is 0 Å². The zero-order valence-corrected chi connectivity index (χ0v) is 11.9. The summed E-state index contributed by atoms with van der Waals surface area (Å²) >= 11 is 0. The van der Waals surface area contributed by atoms with Gasteiger partial charge in [0.15, 0.2) is 0 Å². The van der Waals surface area contributed by atoms with Gasteiger partial charge in [0, 0.05) is 11.6 Å². The molecule has 0 saturated heterocycles. The topological polar surface area (TPSA) is 75.6 Å². The minimum Gasteiger partial charge on any atom is -0.481 e. The second-order valence-corrected chi connectivity index (χ2v) is 5.34. The maximum atomic E-state index is 13.8. The Hall–Kier alpha value is -2.02. The number of carboxylic acid groups (broad SMARTS) is 1. The number of rotatable bonds is 8. The minimum absolute atomic E-state index is 0.0701. The number of hydrogen-bond donors (Lipinski definition) is 2. The van der Waals surface area contributed by atoms with Crippen LogP contribution in [0.25, 0.3) is 0 Å². The number of hydrogen-bond acceptors (Lipinski definition) is 3. The van der Waals surface area contributed by atoms with Crippen molar-refractivity contribution in [1.82, 2.24) is 5.32 Å². The first-order chi connectivity index (χ1) is 10.5. The van der Waals surface area contributed by atoms with Crippen LogP contribution in [0.1, 0.15) is 30.9 Å². The number of nitrogens with one attached hydrogen (secondary N) is 1. The quantitative estimate of drug-likeness (QED) is 0.770. The van der Waals surface area contributed by atoms with Gasteiger partial charge in [0.1, 0.15) is 18.2 Å². The van der Waals surface area contributed by atoms with Gasteiger partial charge in [-0.05, 0) is 24.8 Å². The highest BCUT2D eigenvalue weighted by molar-refractivity contribution is 5.78. The average Bonchev–Trinajstić information content (AvgIpc) is 3.21. The monoisotopic (exact) mass is 313 g/mol. The predicted octanol–water partition coefficient (Wildman–Crippen LogP) is 2.02. The molecule has 1 fully saturated rings. The highest BCUT2D eigenvalue weighted by atomic mass is 19.1. The van der Waals surface area contributed by atoms with Crippen molar-refractivity contribution in [2.24, 2.45) is 5.92 Å². The van der Waals surface area contributed by atoms with Crippen molar-refractivity contribution >= 4 is 11.9 Å². The maximum absolute atomic E-state index is 13.8. The summed E-state index contributed by atoms with van der Waals surface area (Å²) < 4.78 is 31.9. The third-order valence-corrected chi connectivity index (χ3v) is 3.34. The fraction of sp³-hybridized carbons (Fsp3) is 0.467. The molecule has 2 N–H and O–H groups in total. The third-order valence-electron chi connectivity index (χ3n) is 3.34. The first-order valence-electron chi connectivity index (χ1n) is 6.99. The average molecular weight is 313 g/mol. The van der Waals surface area contributed by atoms with E-state index in [4.69, 9.17) is 9.84 Å². The molecule has 2 rings (SSSR count). The molecular weight excluding hydrogens is 296 g/mol. The summed E-state index contributed by atoms with van der Waals surface area (Å²) in [4.78, 5) is 22.6. The van der Waals surface area contributed by atoms with Crippen molar-refractivity contribution in [3.63, 3.8) is 0 Å². The highest BCUT2D eigenvalue weighted by Gasteiger charge is 2.23. The minimum atomic E-state index is -1.20. The van der Waals surface area contributed by atoms with Crippen LogP contribution in [0.4, 0.5) is 8.78 Å². The van der Waals surface area contributed by atoms with Gasteiger partial charge >= 0.3 is 5.97 Å². The van der Waals surface area contributed by atoms with Crippen LogP contribution in [0.15, 0.2) is 18.2 Å². The fourth-order valence-corrected chi connectivity index (χ4v) is 2.04. The van der Waals surface area contributed by atoms with Gasteiger partial charge in [-0.3, -0.25) is 9.59 Å². The predicted molar refractivity (Wildman–Crippen MR) is 73.0 cm³/mol. The molecule has 0 aliphatic heterocycles. The molecule has 0 radical (unpaired) electrons. The number of carbonyl (C=O) groups is 2. The van der Waals surface area contributed by atoms with E-state index in [-0.39, 0.29) is 12.2 Å². The van der Waals surface area contributed by atoms with Crippen molar-refractivity contribution < 1.29 is 28.2 Å². The first-order valence-corrected chi connectivity index (χ1v) is 6.99. The van der Waals surface area contributed by atoms with E-state index in [1.807, 2.05) is 0 Å². The zero-order valence-electron chi connectivity index (χ0n) is 11.9. The van der Waals surface area contributed by atoms with E-state index in [2.05, 4.69) is 5.32 Å². The van der Waals surface area contributed by atoms with Crippen molar-refractivity contribution in [1.29, 1.82) is 0 Å². The van der Waals surface area contributed by atoms with Gasteiger partial charge in [0.25, 0.3) is 0 Å². The van der Waals surface area contributed by atoms with E-state index >= 15 is 0 Å². The molecule has 0 bridgehead atoms. The van der Waals surface area contributed by atoms with E-state index in [0.29, 0.717) is 18.6 Å². The second-order valence-electron chi connectivity index (χ2n) is 5.34. The van der Waals surface area contributed by atoms with Gasteiger partial charge in [0.2, 0.25) is 5.91 Å². The van der Waals surface area contributed by atoms with Gasteiger partial charge in [-0.2, -0.15) is 0 Å². The molecule has 120 valence electrons. The Morgan fingerprint density at radius 3 is 2.68 bits per heavy atom. The summed E-state index contributed by atoms with van der Waals surface area (Å²) in [7, 11) is 0. The van der Waals surface area contributed by atoms with E-state index in [9.17, 15) is 18.4 Å². The maximum Gasteiger partial charge on any atom is 0.305 e. The summed E-state index contributed by atoms with van der Waals surface area (Å²) in [5.74, 6) is -2.90. The van der Waals surface area contributed by atoms with Crippen LogP contribution in [0.5, 0.6) is 0 Å². The summed E-state index contributed by atoms with van der Waals surface area (Å²) in [6.07, 6.45) is 1.67. The molecule has 0 aromatic heterocycles. The number of carboxylic acids is 1. The molecular formula is C15H17F2NO4. The molecule has 1 saturated carbocycles. The molecule has 0 heterocycles. The van der Waals surface area contributed by atoms with Gasteiger partial charge < -0.3 is 15.2 Å². The van der Waals surface area contributed by atoms with Gasteiger partial charge in [-0.25, -0.2) is 8.78 Å². The number of aliphatic carboxylic acids is 1. The van der Waals surface area contributed by atoms with Gasteiger partial charge in [-0.1, -0.05) is 6.07 Å². The normalized spacial score (nSPS) is 15.4. The van der Waals surface area contributed by atoms with Crippen LogP contribution >= 0.6 is 0 Å². The van der Waals surface area contributed by atoms with Crippen LogP contribution in [0.2, 0.25) is 0 Å². The number of ether oxygens (including phenoxy) is 1. The third kappa shape index (κ3) is 5.07. The summed E-state index contributed by atoms with van der Waals surface area (Å²) in [5, 5.41) is 11.3. The van der Waals surface area contributed by atoms with E-state index in [0.717, 1.165) is 25.0 Å². The fourth-order valence-electron chi connectivity index (χ4n) is 2.04. The Morgan fingerprint density at radius 1 is 1.36 bits per heavy atom. The van der Waals surface area contributed by atoms with Crippen LogP contribution in [0, 0.1) is 17.6 Å². The lowest BCUT2D eigenvalue weighted by Gasteiger charge is -2.18. The molecule has 0 spiro atoms. The molecule has 1 aromatic rings. The Kier molecular flexibility index (Phi) is 5.43. The van der Waals surface area contributed by atoms with Crippen LogP contribution in [-0.4, -0.2) is 30.2 Å². The molecule has 1 amide bonds. The van der Waals surface area contributed by atoms with Gasteiger partial charge in [0.05, 0.1) is 19.1 Å². The number of carbonyl (C=O) groups excluding carboxylic acids is 1. The van der Waals surface area contributed by atoms with E-state index in [1.165, 1.54) is 0 Å². The highest BCUT2D eigenvalue weighted by Crippen LogP contribution is 2.28. The van der Waals surface area contributed by atoms with Crippen LogP contribution in [0.3, 0.4) is 0 Å². The molecule has 22 heavy (non-hydrogen) atoms. The van der Waals surface area contributed by atoms with Crippen molar-refractivity contribution in [2.75, 3.05) is 13.2 Å². The lowest BCUT2D eigenvalue weighted by Crippen LogP contribution is -2.33. The molecule has 7 heteroatoms. The molecule has 0 unspecified atom stereocenters. The Morgan fingerprint density at radius 2 is 2.09 bits per heavy atom.